The lowest BCUT2D eigenvalue weighted by molar-refractivity contribution is 0.0690. The van der Waals surface area contributed by atoms with E-state index in [1.54, 1.807) is 24.9 Å². The third-order valence-corrected chi connectivity index (χ3v) is 1.97. The summed E-state index contributed by atoms with van der Waals surface area (Å²) in [6.07, 6.45) is 2.84. The molecule has 2 aromatic rings. The van der Waals surface area contributed by atoms with Crippen molar-refractivity contribution in [2.45, 2.75) is 6.92 Å². The Balaban J connectivity index is 2.45. The van der Waals surface area contributed by atoms with Crippen molar-refractivity contribution in [2.75, 3.05) is 0 Å². The predicted molar refractivity (Wildman–Crippen MR) is 50.4 cm³/mol. The van der Waals surface area contributed by atoms with Gasteiger partial charge < -0.3 is 9.52 Å². The van der Waals surface area contributed by atoms with Gasteiger partial charge in [-0.1, -0.05) is 0 Å². The first-order chi connectivity index (χ1) is 7.08. The smallest absolute Gasteiger partial charge is 0.357 e. The van der Waals surface area contributed by atoms with E-state index in [9.17, 15) is 4.79 Å². The number of hydrogen-bond donors (Lipinski definition) is 1. The number of oxazole rings is 1. The second-order valence-electron chi connectivity index (χ2n) is 3.14. The molecule has 6 nitrogen and oxygen atoms in total. The normalized spacial score (nSPS) is 10.5. The van der Waals surface area contributed by atoms with Gasteiger partial charge in [0.05, 0.1) is 11.3 Å². The van der Waals surface area contributed by atoms with Crippen molar-refractivity contribution < 1.29 is 14.3 Å². The highest BCUT2D eigenvalue weighted by molar-refractivity contribution is 5.85. The summed E-state index contributed by atoms with van der Waals surface area (Å²) >= 11 is 0. The monoisotopic (exact) mass is 207 g/mol. The van der Waals surface area contributed by atoms with Crippen LogP contribution in [0.25, 0.3) is 11.5 Å². The number of nitrogens with zero attached hydrogens (tertiary/aromatic N) is 3. The number of carboxylic acids is 1. The summed E-state index contributed by atoms with van der Waals surface area (Å²) in [7, 11) is 1.78. The highest BCUT2D eigenvalue weighted by Crippen LogP contribution is 2.21. The van der Waals surface area contributed by atoms with Crippen LogP contribution in [0.15, 0.2) is 16.9 Å². The first-order valence-corrected chi connectivity index (χ1v) is 4.27. The van der Waals surface area contributed by atoms with Crippen molar-refractivity contribution in [1.29, 1.82) is 0 Å². The Hall–Kier alpha value is -2.11. The molecule has 0 aliphatic carbocycles. The van der Waals surface area contributed by atoms with Gasteiger partial charge in [-0.2, -0.15) is 5.10 Å². The average Bonchev–Trinajstić information content (AvgIpc) is 2.71. The van der Waals surface area contributed by atoms with E-state index in [2.05, 4.69) is 10.1 Å². The second kappa shape index (κ2) is 3.23. The van der Waals surface area contributed by atoms with Crippen LogP contribution < -0.4 is 0 Å². The molecule has 0 aromatic carbocycles. The van der Waals surface area contributed by atoms with Gasteiger partial charge in [0.25, 0.3) is 0 Å². The molecule has 0 spiro atoms. The van der Waals surface area contributed by atoms with Crippen molar-refractivity contribution in [3.63, 3.8) is 0 Å². The molecule has 2 heterocycles. The quantitative estimate of drug-likeness (QED) is 0.796. The topological polar surface area (TPSA) is 81.2 Å². The van der Waals surface area contributed by atoms with Gasteiger partial charge >= 0.3 is 5.97 Å². The minimum atomic E-state index is -1.11. The van der Waals surface area contributed by atoms with Crippen LogP contribution in [0.3, 0.4) is 0 Å². The maximum absolute atomic E-state index is 10.6. The molecule has 15 heavy (non-hydrogen) atoms. The molecule has 1 N–H and O–H groups in total. The van der Waals surface area contributed by atoms with E-state index >= 15 is 0 Å². The zero-order valence-corrected chi connectivity index (χ0v) is 8.26. The Morgan fingerprint density at radius 3 is 2.80 bits per heavy atom. The molecule has 0 atom stereocenters. The molecule has 78 valence electrons. The number of hydrogen-bond acceptors (Lipinski definition) is 4. The molecule has 2 aromatic heterocycles. The van der Waals surface area contributed by atoms with Gasteiger partial charge in [-0.05, 0) is 6.92 Å². The zero-order valence-electron chi connectivity index (χ0n) is 8.26. The molecular weight excluding hydrogens is 198 g/mol. The van der Waals surface area contributed by atoms with Crippen molar-refractivity contribution >= 4 is 5.97 Å². The average molecular weight is 207 g/mol. The maximum Gasteiger partial charge on any atom is 0.357 e. The van der Waals surface area contributed by atoms with Crippen molar-refractivity contribution in [1.82, 2.24) is 14.8 Å². The van der Waals surface area contributed by atoms with Gasteiger partial charge in [0.15, 0.2) is 5.69 Å². The van der Waals surface area contributed by atoms with Crippen molar-refractivity contribution in [3.05, 3.63) is 23.8 Å². The first kappa shape index (κ1) is 9.45. The van der Waals surface area contributed by atoms with Gasteiger partial charge in [0, 0.05) is 13.2 Å². The molecular formula is C9H9N3O3. The molecule has 0 saturated carbocycles. The molecule has 0 fully saturated rings. The fraction of sp³-hybridized carbons (Fsp3) is 0.222. The molecule has 0 aliphatic rings. The molecule has 0 saturated heterocycles. The largest absolute Gasteiger partial charge is 0.476 e. The molecule has 0 amide bonds. The molecule has 0 unspecified atom stereocenters. The van der Waals surface area contributed by atoms with Gasteiger partial charge in [-0.25, -0.2) is 9.78 Å². The third-order valence-electron chi connectivity index (χ3n) is 1.97. The summed E-state index contributed by atoms with van der Waals surface area (Å²) in [6, 6.07) is 0. The standard InChI is InChI=1S/C9H9N3O3/c1-5-6(3-12(2)11-5)8-10-7(4-15-8)9(13)14/h3-4H,1-2H3,(H,13,14). The second-order valence-corrected chi connectivity index (χ2v) is 3.14. The summed E-state index contributed by atoms with van der Waals surface area (Å²) in [5.74, 6) is -0.829. The van der Waals surface area contributed by atoms with Crippen LogP contribution in [0.4, 0.5) is 0 Å². The number of aryl methyl sites for hydroxylation is 2. The lowest BCUT2D eigenvalue weighted by atomic mass is 10.3. The number of aromatic carboxylic acids is 1. The van der Waals surface area contributed by atoms with Gasteiger partial charge in [-0.15, -0.1) is 0 Å². The van der Waals surface area contributed by atoms with Gasteiger partial charge in [0.1, 0.15) is 6.26 Å². The predicted octanol–water partition coefficient (Wildman–Crippen LogP) is 1.08. The van der Waals surface area contributed by atoms with Crippen LogP contribution >= 0.6 is 0 Å². The fourth-order valence-corrected chi connectivity index (χ4v) is 1.31. The highest BCUT2D eigenvalue weighted by atomic mass is 16.4. The first-order valence-electron chi connectivity index (χ1n) is 4.27. The SMILES string of the molecule is Cc1nn(C)cc1-c1nc(C(=O)O)co1. The summed E-state index contributed by atoms with van der Waals surface area (Å²) in [5.41, 5.74) is 1.34. The summed E-state index contributed by atoms with van der Waals surface area (Å²) in [4.78, 5) is 14.4. The van der Waals surface area contributed by atoms with Crippen LogP contribution in [0, 0.1) is 6.92 Å². The Kier molecular flexibility index (Phi) is 2.03. The molecule has 0 bridgehead atoms. The molecule has 0 radical (unpaired) electrons. The lowest BCUT2D eigenvalue weighted by Crippen LogP contribution is -1.95. The van der Waals surface area contributed by atoms with Gasteiger partial charge in [-0.3, -0.25) is 4.68 Å². The minimum Gasteiger partial charge on any atom is -0.476 e. The van der Waals surface area contributed by atoms with Crippen molar-refractivity contribution in [2.24, 2.45) is 7.05 Å². The van der Waals surface area contributed by atoms with Crippen LogP contribution in [0.2, 0.25) is 0 Å². The van der Waals surface area contributed by atoms with Crippen LogP contribution in [-0.4, -0.2) is 25.8 Å². The summed E-state index contributed by atoms with van der Waals surface area (Å²) < 4.78 is 6.68. The third kappa shape index (κ3) is 1.61. The Morgan fingerprint density at radius 1 is 1.60 bits per heavy atom. The van der Waals surface area contributed by atoms with E-state index in [4.69, 9.17) is 9.52 Å². The van der Waals surface area contributed by atoms with Crippen molar-refractivity contribution in [3.8, 4) is 11.5 Å². The van der Waals surface area contributed by atoms with E-state index in [-0.39, 0.29) is 11.6 Å². The Bertz CT molecular complexity index is 512. The van der Waals surface area contributed by atoms with E-state index in [1.807, 2.05) is 0 Å². The lowest BCUT2D eigenvalue weighted by Gasteiger charge is -1.88. The Labute approximate surface area is 85.2 Å². The molecule has 0 aliphatic heterocycles. The molecule has 6 heteroatoms. The minimum absolute atomic E-state index is 0.103. The van der Waals surface area contributed by atoms with Crippen LogP contribution in [0.5, 0.6) is 0 Å². The van der Waals surface area contributed by atoms with E-state index in [1.165, 1.54) is 0 Å². The van der Waals surface area contributed by atoms with E-state index < -0.39 is 5.97 Å². The number of aromatic nitrogens is 3. The van der Waals surface area contributed by atoms with Crippen LogP contribution in [-0.2, 0) is 7.05 Å². The fourth-order valence-electron chi connectivity index (χ4n) is 1.31. The number of carbonyl (C=O) groups is 1. The Morgan fingerprint density at radius 2 is 2.33 bits per heavy atom. The highest BCUT2D eigenvalue weighted by Gasteiger charge is 2.15. The van der Waals surface area contributed by atoms with Gasteiger partial charge in [0.2, 0.25) is 5.89 Å². The molecule has 2 rings (SSSR count). The zero-order chi connectivity index (χ0) is 11.0. The van der Waals surface area contributed by atoms with E-state index in [0.717, 1.165) is 12.0 Å². The van der Waals surface area contributed by atoms with E-state index in [0.29, 0.717) is 5.56 Å². The number of carboxylic acid groups (broad SMARTS) is 1. The van der Waals surface area contributed by atoms with Crippen LogP contribution in [0.1, 0.15) is 16.2 Å². The number of rotatable bonds is 2. The summed E-state index contributed by atoms with van der Waals surface area (Å²) in [5, 5.41) is 12.8. The summed E-state index contributed by atoms with van der Waals surface area (Å²) in [6.45, 7) is 1.81. The maximum atomic E-state index is 10.6.